The fourth-order valence-corrected chi connectivity index (χ4v) is 7.00. The number of aromatic nitrogens is 2. The molecular weight excluding hydrogens is 376 g/mol. The van der Waals surface area contributed by atoms with Gasteiger partial charge in [0.25, 0.3) is 5.91 Å². The Morgan fingerprint density at radius 3 is 2.47 bits per heavy atom. The van der Waals surface area contributed by atoms with E-state index < -0.39 is 0 Å². The van der Waals surface area contributed by atoms with Crippen LogP contribution in [0.5, 0.6) is 5.88 Å². The molecule has 2 N–H and O–H groups in total. The smallest absolute Gasteiger partial charge is 0.258 e. The highest BCUT2D eigenvalue weighted by atomic mass is 16.5. The van der Waals surface area contributed by atoms with E-state index in [9.17, 15) is 4.79 Å². The number of amides is 1. The van der Waals surface area contributed by atoms with Crippen LogP contribution in [0.2, 0.25) is 0 Å². The van der Waals surface area contributed by atoms with Crippen molar-refractivity contribution in [2.45, 2.75) is 76.8 Å². The van der Waals surface area contributed by atoms with Gasteiger partial charge >= 0.3 is 0 Å². The minimum atomic E-state index is 0.0156. The van der Waals surface area contributed by atoms with Crippen LogP contribution in [0.25, 0.3) is 0 Å². The van der Waals surface area contributed by atoms with Crippen LogP contribution in [0.4, 0.5) is 0 Å². The van der Waals surface area contributed by atoms with Crippen LogP contribution in [-0.2, 0) is 6.54 Å². The Morgan fingerprint density at radius 2 is 1.80 bits per heavy atom. The largest absolute Gasteiger partial charge is 0.477 e. The third-order valence-corrected chi connectivity index (χ3v) is 8.31. The maximum atomic E-state index is 13.3. The molecule has 6 nitrogen and oxygen atoms in total. The molecule has 0 aliphatic heterocycles. The van der Waals surface area contributed by atoms with Gasteiger partial charge in [-0.05, 0) is 81.6 Å². The minimum absolute atomic E-state index is 0.0156. The summed E-state index contributed by atoms with van der Waals surface area (Å²) >= 11 is 0. The lowest BCUT2D eigenvalue weighted by Gasteiger charge is -2.54. The molecular formula is C24H38N4O2. The van der Waals surface area contributed by atoms with Crippen molar-refractivity contribution in [2.24, 2.45) is 29.6 Å². The summed E-state index contributed by atoms with van der Waals surface area (Å²) in [6.07, 6.45) is 14.8. The van der Waals surface area contributed by atoms with Crippen LogP contribution in [0.1, 0.15) is 74.6 Å². The second-order valence-electron chi connectivity index (χ2n) is 10.4. The number of rotatable bonds is 8. The lowest BCUT2D eigenvalue weighted by molar-refractivity contribution is -0.0120. The third-order valence-electron chi connectivity index (χ3n) is 8.31. The first-order chi connectivity index (χ1) is 14.7. The quantitative estimate of drug-likeness (QED) is 0.682. The summed E-state index contributed by atoms with van der Waals surface area (Å²) in [5.74, 6) is 4.47. The van der Waals surface area contributed by atoms with Crippen molar-refractivity contribution in [3.63, 3.8) is 0 Å². The number of carbonyl (C=O) groups excluding carboxylic acids is 1. The molecule has 0 saturated heterocycles. The number of carbonyl (C=O) groups is 1. The first-order valence-electron chi connectivity index (χ1n) is 12.3. The summed E-state index contributed by atoms with van der Waals surface area (Å²) in [7, 11) is 1.94. The maximum Gasteiger partial charge on any atom is 0.258 e. The SMILES string of the molecule is CNCCn1ncc(C(=O)NC2C3CC4CC(C3)CC2C4)c1OCC1CCCCC1. The summed E-state index contributed by atoms with van der Waals surface area (Å²) in [5.41, 5.74) is 0.621. The number of ether oxygens (including phenoxy) is 1. The van der Waals surface area contributed by atoms with Crippen molar-refractivity contribution in [2.75, 3.05) is 20.2 Å². The van der Waals surface area contributed by atoms with Gasteiger partial charge in [0.05, 0.1) is 19.3 Å². The van der Waals surface area contributed by atoms with Crippen LogP contribution in [0, 0.1) is 29.6 Å². The van der Waals surface area contributed by atoms with Gasteiger partial charge in [-0.2, -0.15) is 5.10 Å². The van der Waals surface area contributed by atoms with E-state index in [0.29, 0.717) is 48.4 Å². The number of nitrogens with one attached hydrogen (secondary N) is 2. The Balaban J connectivity index is 1.28. The predicted molar refractivity (Wildman–Crippen MR) is 117 cm³/mol. The molecule has 1 aromatic heterocycles. The lowest BCUT2D eigenvalue weighted by Crippen LogP contribution is -2.55. The first-order valence-corrected chi connectivity index (χ1v) is 12.3. The van der Waals surface area contributed by atoms with Crippen LogP contribution in [0.3, 0.4) is 0 Å². The van der Waals surface area contributed by atoms with E-state index in [0.717, 1.165) is 18.4 Å². The molecule has 0 atom stereocenters. The molecule has 166 valence electrons. The Bertz CT molecular complexity index is 712. The fraction of sp³-hybridized carbons (Fsp3) is 0.833. The molecule has 30 heavy (non-hydrogen) atoms. The van der Waals surface area contributed by atoms with E-state index in [1.54, 1.807) is 6.20 Å². The van der Waals surface area contributed by atoms with Gasteiger partial charge in [-0.25, -0.2) is 4.68 Å². The Morgan fingerprint density at radius 1 is 1.10 bits per heavy atom. The third kappa shape index (κ3) is 4.12. The van der Waals surface area contributed by atoms with Crippen molar-refractivity contribution in [3.8, 4) is 5.88 Å². The van der Waals surface area contributed by atoms with Crippen molar-refractivity contribution >= 4 is 5.91 Å². The van der Waals surface area contributed by atoms with Gasteiger partial charge in [0.2, 0.25) is 5.88 Å². The van der Waals surface area contributed by atoms with Crippen molar-refractivity contribution in [1.29, 1.82) is 0 Å². The molecule has 0 aromatic carbocycles. The van der Waals surface area contributed by atoms with E-state index in [-0.39, 0.29) is 5.91 Å². The summed E-state index contributed by atoms with van der Waals surface area (Å²) in [6.45, 7) is 2.21. The molecule has 1 aromatic rings. The van der Waals surface area contributed by atoms with Crippen molar-refractivity contribution < 1.29 is 9.53 Å². The molecule has 0 radical (unpaired) electrons. The second-order valence-corrected chi connectivity index (χ2v) is 10.4. The first kappa shape index (κ1) is 20.3. The van der Waals surface area contributed by atoms with Crippen molar-refractivity contribution in [3.05, 3.63) is 11.8 Å². The summed E-state index contributed by atoms with van der Waals surface area (Å²) in [4.78, 5) is 13.3. The van der Waals surface area contributed by atoms with Gasteiger partial charge in [0.1, 0.15) is 5.56 Å². The molecule has 5 fully saturated rings. The molecule has 5 saturated carbocycles. The predicted octanol–water partition coefficient (Wildman–Crippen LogP) is 3.62. The topological polar surface area (TPSA) is 68.2 Å². The zero-order valence-corrected chi connectivity index (χ0v) is 18.4. The van der Waals surface area contributed by atoms with Crippen LogP contribution in [-0.4, -0.2) is 41.9 Å². The standard InChI is InChI=1S/C24H38N4O2/c1-25-7-8-28-24(30-15-16-5-3-2-4-6-16)21(14-26-28)23(29)27-22-19-10-17-9-18(12-19)13-20(22)11-17/h14,16-20,22,25H,2-13,15H2,1H3,(H,27,29). The number of likely N-dealkylation sites (N-methyl/N-ethyl adjacent to an activating group) is 1. The lowest BCUT2D eigenvalue weighted by atomic mass is 9.54. The van der Waals surface area contributed by atoms with E-state index in [1.807, 2.05) is 11.7 Å². The average molecular weight is 415 g/mol. The number of nitrogens with zero attached hydrogens (tertiary/aromatic N) is 2. The minimum Gasteiger partial charge on any atom is -0.477 e. The molecule has 4 bridgehead atoms. The van der Waals surface area contributed by atoms with E-state index in [2.05, 4.69) is 15.7 Å². The van der Waals surface area contributed by atoms with E-state index in [4.69, 9.17) is 4.74 Å². The monoisotopic (exact) mass is 414 g/mol. The van der Waals surface area contributed by atoms with Gasteiger partial charge in [0, 0.05) is 12.6 Å². The molecule has 5 aliphatic carbocycles. The molecule has 1 amide bonds. The summed E-state index contributed by atoms with van der Waals surface area (Å²) in [5, 5.41) is 11.1. The molecule has 6 heteroatoms. The van der Waals surface area contributed by atoms with E-state index >= 15 is 0 Å². The van der Waals surface area contributed by atoms with Gasteiger partial charge in [-0.15, -0.1) is 0 Å². The molecule has 0 unspecified atom stereocenters. The van der Waals surface area contributed by atoms with Gasteiger partial charge in [-0.3, -0.25) is 4.79 Å². The second kappa shape index (κ2) is 8.89. The Labute approximate surface area is 180 Å². The highest BCUT2D eigenvalue weighted by molar-refractivity contribution is 5.96. The Hall–Kier alpha value is -1.56. The van der Waals surface area contributed by atoms with E-state index in [1.165, 1.54) is 64.2 Å². The molecule has 5 aliphatic rings. The summed E-state index contributed by atoms with van der Waals surface area (Å²) in [6, 6.07) is 0.345. The molecule has 1 heterocycles. The zero-order chi connectivity index (χ0) is 20.5. The molecule has 6 rings (SSSR count). The number of hydrogen-bond donors (Lipinski definition) is 2. The highest BCUT2D eigenvalue weighted by Gasteiger charge is 2.48. The molecule has 0 spiro atoms. The normalized spacial score (nSPS) is 33.0. The van der Waals surface area contributed by atoms with Crippen LogP contribution < -0.4 is 15.4 Å². The number of hydrogen-bond acceptors (Lipinski definition) is 4. The fourth-order valence-electron chi connectivity index (χ4n) is 7.00. The van der Waals surface area contributed by atoms with Gasteiger partial charge in [0.15, 0.2) is 0 Å². The maximum absolute atomic E-state index is 13.3. The Kier molecular flexibility index (Phi) is 6.03. The zero-order valence-electron chi connectivity index (χ0n) is 18.4. The average Bonchev–Trinajstić information content (AvgIpc) is 3.16. The van der Waals surface area contributed by atoms with Crippen molar-refractivity contribution in [1.82, 2.24) is 20.4 Å². The van der Waals surface area contributed by atoms with Crippen LogP contribution in [0.15, 0.2) is 6.20 Å². The van der Waals surface area contributed by atoms with Gasteiger partial charge < -0.3 is 15.4 Å². The van der Waals surface area contributed by atoms with Crippen LogP contribution >= 0.6 is 0 Å². The highest BCUT2D eigenvalue weighted by Crippen LogP contribution is 2.53. The summed E-state index contributed by atoms with van der Waals surface area (Å²) < 4.78 is 8.15. The van der Waals surface area contributed by atoms with Gasteiger partial charge in [-0.1, -0.05) is 19.3 Å².